The summed E-state index contributed by atoms with van der Waals surface area (Å²) >= 11 is 0. The lowest BCUT2D eigenvalue weighted by Crippen LogP contribution is -2.13. The largest absolute Gasteiger partial charge is 0.508 e. The van der Waals surface area contributed by atoms with E-state index in [2.05, 4.69) is 5.32 Å². The minimum atomic E-state index is -3.15. The van der Waals surface area contributed by atoms with Gasteiger partial charge in [0.1, 0.15) is 5.75 Å². The molecule has 0 fully saturated rings. The van der Waals surface area contributed by atoms with Crippen molar-refractivity contribution >= 4 is 9.84 Å². The van der Waals surface area contributed by atoms with E-state index in [-0.39, 0.29) is 5.75 Å². The topological polar surface area (TPSA) is 66.4 Å². The van der Waals surface area contributed by atoms with Gasteiger partial charge < -0.3 is 10.4 Å². The molecule has 0 amide bonds. The van der Waals surface area contributed by atoms with E-state index >= 15 is 0 Å². The van der Waals surface area contributed by atoms with Crippen molar-refractivity contribution in [1.29, 1.82) is 0 Å². The van der Waals surface area contributed by atoms with Gasteiger partial charge in [-0.3, -0.25) is 0 Å². The number of sulfone groups is 1. The highest BCUT2D eigenvalue weighted by atomic mass is 32.2. The van der Waals surface area contributed by atoms with Crippen LogP contribution in [0.3, 0.4) is 0 Å². The molecule has 0 aromatic heterocycles. The molecule has 0 unspecified atom stereocenters. The van der Waals surface area contributed by atoms with Gasteiger partial charge in [0.2, 0.25) is 0 Å². The van der Waals surface area contributed by atoms with Gasteiger partial charge in [-0.05, 0) is 30.7 Å². The zero-order valence-corrected chi connectivity index (χ0v) is 12.9. The van der Waals surface area contributed by atoms with Gasteiger partial charge in [0.25, 0.3) is 0 Å². The molecule has 0 saturated carbocycles. The van der Waals surface area contributed by atoms with Crippen LogP contribution in [0.25, 0.3) is 0 Å². The summed E-state index contributed by atoms with van der Waals surface area (Å²) in [5.41, 5.74) is 2.94. The van der Waals surface area contributed by atoms with Crippen molar-refractivity contribution in [2.24, 2.45) is 0 Å². The van der Waals surface area contributed by atoms with Crippen molar-refractivity contribution in [2.45, 2.75) is 24.9 Å². The van der Waals surface area contributed by atoms with Crippen LogP contribution in [0.2, 0.25) is 0 Å². The van der Waals surface area contributed by atoms with Crippen LogP contribution < -0.4 is 5.32 Å². The van der Waals surface area contributed by atoms with Gasteiger partial charge in [0, 0.05) is 24.9 Å². The molecule has 5 heteroatoms. The molecule has 0 heterocycles. The van der Waals surface area contributed by atoms with Crippen LogP contribution in [0, 0.1) is 6.92 Å². The Kier molecular flexibility index (Phi) is 4.65. The van der Waals surface area contributed by atoms with Crippen LogP contribution in [-0.4, -0.2) is 19.8 Å². The van der Waals surface area contributed by atoms with Crippen molar-refractivity contribution in [3.05, 3.63) is 59.2 Å². The molecule has 0 saturated heterocycles. The molecule has 21 heavy (non-hydrogen) atoms. The van der Waals surface area contributed by atoms with E-state index in [4.69, 9.17) is 0 Å². The van der Waals surface area contributed by atoms with Crippen LogP contribution >= 0.6 is 0 Å². The van der Waals surface area contributed by atoms with Gasteiger partial charge in [-0.1, -0.05) is 29.8 Å². The molecular formula is C16H19NO3S. The van der Waals surface area contributed by atoms with E-state index in [1.54, 1.807) is 30.3 Å². The van der Waals surface area contributed by atoms with Gasteiger partial charge in [-0.25, -0.2) is 8.42 Å². The highest BCUT2D eigenvalue weighted by Crippen LogP contribution is 2.18. The molecule has 0 aliphatic heterocycles. The van der Waals surface area contributed by atoms with E-state index in [1.165, 1.54) is 6.26 Å². The maximum atomic E-state index is 11.4. The number of hydrogen-bond acceptors (Lipinski definition) is 4. The molecule has 0 atom stereocenters. The second-order valence-electron chi connectivity index (χ2n) is 5.15. The molecule has 112 valence electrons. The minimum Gasteiger partial charge on any atom is -0.508 e. The summed E-state index contributed by atoms with van der Waals surface area (Å²) < 4.78 is 22.7. The molecule has 2 aromatic rings. The van der Waals surface area contributed by atoms with Crippen LogP contribution in [0.4, 0.5) is 0 Å². The van der Waals surface area contributed by atoms with Crippen LogP contribution in [-0.2, 0) is 22.9 Å². The molecule has 0 radical (unpaired) electrons. The fourth-order valence-corrected chi connectivity index (χ4v) is 2.68. The lowest BCUT2D eigenvalue weighted by atomic mass is 10.1. The van der Waals surface area contributed by atoms with Crippen LogP contribution in [0.5, 0.6) is 5.75 Å². The average molecular weight is 305 g/mol. The van der Waals surface area contributed by atoms with Gasteiger partial charge in [0.15, 0.2) is 9.84 Å². The maximum Gasteiger partial charge on any atom is 0.175 e. The minimum absolute atomic E-state index is 0.278. The van der Waals surface area contributed by atoms with Crippen LogP contribution in [0.15, 0.2) is 47.4 Å². The van der Waals surface area contributed by atoms with Crippen molar-refractivity contribution in [1.82, 2.24) is 5.32 Å². The molecule has 0 aliphatic carbocycles. The number of aromatic hydroxyl groups is 1. The third kappa shape index (κ3) is 4.31. The molecule has 0 bridgehead atoms. The zero-order chi connectivity index (χ0) is 15.5. The second-order valence-corrected chi connectivity index (χ2v) is 7.17. The predicted octanol–water partition coefficient (Wildman–Crippen LogP) is 2.39. The Bertz CT molecular complexity index is 722. The Labute approximate surface area is 125 Å². The van der Waals surface area contributed by atoms with E-state index in [9.17, 15) is 13.5 Å². The predicted molar refractivity (Wildman–Crippen MR) is 82.9 cm³/mol. The number of phenolic OH excluding ortho intramolecular Hbond substituents is 1. The first-order chi connectivity index (χ1) is 9.86. The van der Waals surface area contributed by atoms with Gasteiger partial charge in [-0.2, -0.15) is 0 Å². The van der Waals surface area contributed by atoms with Gasteiger partial charge in [0.05, 0.1) is 4.90 Å². The van der Waals surface area contributed by atoms with E-state index in [0.717, 1.165) is 16.7 Å². The quantitative estimate of drug-likeness (QED) is 0.890. The van der Waals surface area contributed by atoms with Crippen molar-refractivity contribution in [3.8, 4) is 5.75 Å². The Morgan fingerprint density at radius 3 is 2.33 bits per heavy atom. The fraction of sp³-hybridized carbons (Fsp3) is 0.250. The fourth-order valence-electron chi connectivity index (χ4n) is 2.05. The summed E-state index contributed by atoms with van der Waals surface area (Å²) in [5.74, 6) is 0.278. The number of benzene rings is 2. The molecule has 2 rings (SSSR count). The van der Waals surface area contributed by atoms with Crippen molar-refractivity contribution in [2.75, 3.05) is 6.26 Å². The summed E-state index contributed by atoms with van der Waals surface area (Å²) in [6, 6.07) is 12.3. The summed E-state index contributed by atoms with van der Waals surface area (Å²) in [6.45, 7) is 3.14. The monoisotopic (exact) mass is 305 g/mol. The second kappa shape index (κ2) is 6.28. The van der Waals surface area contributed by atoms with Crippen molar-refractivity contribution in [3.63, 3.8) is 0 Å². The highest BCUT2D eigenvalue weighted by Gasteiger charge is 2.06. The Morgan fingerprint density at radius 1 is 1.05 bits per heavy atom. The SMILES string of the molecule is Cc1ccc(O)c(CNCc2ccc(S(C)(=O)=O)cc2)c1. The standard InChI is InChI=1S/C16H19NO3S/c1-12-3-8-16(18)14(9-12)11-17-10-13-4-6-15(7-5-13)21(2,19)20/h3-9,17-18H,10-11H2,1-2H3. The lowest BCUT2D eigenvalue weighted by molar-refractivity contribution is 0.464. The number of aryl methyl sites for hydroxylation is 1. The van der Waals surface area contributed by atoms with Crippen LogP contribution in [0.1, 0.15) is 16.7 Å². The average Bonchev–Trinajstić information content (AvgIpc) is 2.42. The molecule has 0 aliphatic rings. The van der Waals surface area contributed by atoms with Gasteiger partial charge in [-0.15, -0.1) is 0 Å². The third-order valence-corrected chi connectivity index (χ3v) is 4.36. The van der Waals surface area contributed by atoms with E-state index < -0.39 is 9.84 Å². The smallest absolute Gasteiger partial charge is 0.175 e. The number of nitrogens with one attached hydrogen (secondary N) is 1. The first-order valence-electron chi connectivity index (χ1n) is 6.64. The Morgan fingerprint density at radius 2 is 1.71 bits per heavy atom. The molecule has 4 nitrogen and oxygen atoms in total. The summed E-state index contributed by atoms with van der Waals surface area (Å²) in [7, 11) is -3.15. The van der Waals surface area contributed by atoms with Crippen molar-refractivity contribution < 1.29 is 13.5 Å². The molecule has 0 spiro atoms. The van der Waals surface area contributed by atoms with E-state index in [1.807, 2.05) is 19.1 Å². The summed E-state index contributed by atoms with van der Waals surface area (Å²) in [6.07, 6.45) is 1.20. The Hall–Kier alpha value is -1.85. The normalized spacial score (nSPS) is 11.5. The zero-order valence-electron chi connectivity index (χ0n) is 12.1. The molecular weight excluding hydrogens is 286 g/mol. The molecule has 2 aromatic carbocycles. The number of hydrogen-bond donors (Lipinski definition) is 2. The Balaban J connectivity index is 1.96. The maximum absolute atomic E-state index is 11.4. The van der Waals surface area contributed by atoms with E-state index in [0.29, 0.717) is 18.0 Å². The number of phenols is 1. The number of rotatable bonds is 5. The summed E-state index contributed by atoms with van der Waals surface area (Å²) in [4.78, 5) is 0.322. The highest BCUT2D eigenvalue weighted by molar-refractivity contribution is 7.90. The lowest BCUT2D eigenvalue weighted by Gasteiger charge is -2.08. The first kappa shape index (κ1) is 15.5. The van der Waals surface area contributed by atoms with Gasteiger partial charge >= 0.3 is 0 Å². The third-order valence-electron chi connectivity index (χ3n) is 3.23. The summed E-state index contributed by atoms with van der Waals surface area (Å²) in [5, 5.41) is 13.0. The molecule has 2 N–H and O–H groups in total. The first-order valence-corrected chi connectivity index (χ1v) is 8.53.